The molecule has 0 aromatic heterocycles. The third-order valence-electron chi connectivity index (χ3n) is 3.47. The predicted octanol–water partition coefficient (Wildman–Crippen LogP) is 3.67. The van der Waals surface area contributed by atoms with Gasteiger partial charge in [0.2, 0.25) is 0 Å². The van der Waals surface area contributed by atoms with Crippen molar-refractivity contribution in [3.63, 3.8) is 0 Å². The number of amides is 1. The first kappa shape index (κ1) is 26.9. The van der Waals surface area contributed by atoms with Crippen molar-refractivity contribution in [3.8, 4) is 6.07 Å². The molecule has 1 aromatic carbocycles. The fourth-order valence-electron chi connectivity index (χ4n) is 2.18. The zero-order chi connectivity index (χ0) is 21.4. The van der Waals surface area contributed by atoms with Crippen LogP contribution in [0.5, 0.6) is 0 Å². The Kier molecular flexibility index (Phi) is 11.0. The van der Waals surface area contributed by atoms with Crippen LogP contribution in [0.3, 0.4) is 0 Å². The Balaban J connectivity index is 0.00000784. The Morgan fingerprint density at radius 2 is 1.90 bits per heavy atom. The largest absolute Gasteiger partial charge is 0.444 e. The van der Waals surface area contributed by atoms with Gasteiger partial charge in [-0.3, -0.25) is 0 Å². The van der Waals surface area contributed by atoms with Crippen LogP contribution in [0, 0.1) is 17.1 Å². The molecular formula is C20H31FIN5O2. The molecule has 0 atom stereocenters. The Hall–Kier alpha value is -2.09. The van der Waals surface area contributed by atoms with Crippen LogP contribution in [0.2, 0.25) is 0 Å². The minimum Gasteiger partial charge on any atom is -0.444 e. The number of alkyl carbamates (subject to hydrolysis) is 1. The first-order valence-electron chi connectivity index (χ1n) is 9.17. The molecule has 0 fully saturated rings. The normalized spacial score (nSPS) is 11.7. The van der Waals surface area contributed by atoms with Gasteiger partial charge in [-0.25, -0.2) is 14.2 Å². The van der Waals surface area contributed by atoms with Crippen LogP contribution in [0.4, 0.5) is 9.18 Å². The number of carbonyl (C=O) groups excluding carboxylic acids is 1. The maximum Gasteiger partial charge on any atom is 0.408 e. The second-order valence-electron chi connectivity index (χ2n) is 7.98. The van der Waals surface area contributed by atoms with Crippen LogP contribution < -0.4 is 16.0 Å². The lowest BCUT2D eigenvalue weighted by Gasteiger charge is -2.29. The van der Waals surface area contributed by atoms with E-state index in [1.54, 1.807) is 32.9 Å². The second-order valence-corrected chi connectivity index (χ2v) is 7.98. The van der Waals surface area contributed by atoms with Crippen LogP contribution in [-0.2, 0) is 11.3 Å². The standard InChI is InChI=1S/C20H30FN5O2.HI/c1-7-23-17(24-12-15-9-8-14(11-22)10-16(15)21)25-13-20(5,6)26-18(27)28-19(2,3)4;/h8-10H,7,12-13H2,1-6H3,(H,26,27)(H2,23,24,25);1H. The lowest BCUT2D eigenvalue weighted by molar-refractivity contribution is 0.0474. The van der Waals surface area contributed by atoms with Crippen molar-refractivity contribution in [1.82, 2.24) is 16.0 Å². The van der Waals surface area contributed by atoms with E-state index in [1.807, 2.05) is 26.8 Å². The summed E-state index contributed by atoms with van der Waals surface area (Å²) in [4.78, 5) is 16.3. The van der Waals surface area contributed by atoms with Gasteiger partial charge < -0.3 is 20.7 Å². The summed E-state index contributed by atoms with van der Waals surface area (Å²) in [5, 5.41) is 17.8. The molecule has 3 N–H and O–H groups in total. The molecule has 0 spiro atoms. The summed E-state index contributed by atoms with van der Waals surface area (Å²) < 4.78 is 19.3. The highest BCUT2D eigenvalue weighted by molar-refractivity contribution is 14.0. The molecule has 0 radical (unpaired) electrons. The quantitative estimate of drug-likeness (QED) is 0.303. The highest BCUT2D eigenvalue weighted by Crippen LogP contribution is 2.11. The molecule has 0 aliphatic rings. The van der Waals surface area contributed by atoms with E-state index in [4.69, 9.17) is 10.00 Å². The third kappa shape index (κ3) is 10.9. The maximum atomic E-state index is 14.0. The summed E-state index contributed by atoms with van der Waals surface area (Å²) in [6.45, 7) is 12.2. The van der Waals surface area contributed by atoms with Crippen molar-refractivity contribution in [3.05, 3.63) is 35.1 Å². The summed E-state index contributed by atoms with van der Waals surface area (Å²) in [6.07, 6.45) is -0.499. The molecule has 1 rings (SSSR count). The van der Waals surface area contributed by atoms with Gasteiger partial charge in [0.05, 0.1) is 23.7 Å². The van der Waals surface area contributed by atoms with Gasteiger partial charge in [0.25, 0.3) is 0 Å². The highest BCUT2D eigenvalue weighted by atomic mass is 127. The molecule has 9 heteroatoms. The average Bonchev–Trinajstić information content (AvgIpc) is 2.55. The van der Waals surface area contributed by atoms with Crippen LogP contribution in [-0.4, -0.2) is 36.3 Å². The van der Waals surface area contributed by atoms with Crippen molar-refractivity contribution in [2.24, 2.45) is 4.99 Å². The van der Waals surface area contributed by atoms with Gasteiger partial charge in [0.15, 0.2) is 5.96 Å². The van der Waals surface area contributed by atoms with Gasteiger partial charge in [-0.15, -0.1) is 24.0 Å². The maximum absolute atomic E-state index is 14.0. The number of nitrogens with one attached hydrogen (secondary N) is 3. The number of guanidine groups is 1. The van der Waals surface area contributed by atoms with Crippen molar-refractivity contribution in [2.75, 3.05) is 13.1 Å². The summed E-state index contributed by atoms with van der Waals surface area (Å²) in [7, 11) is 0. The number of benzene rings is 1. The molecular weight excluding hydrogens is 488 g/mol. The van der Waals surface area contributed by atoms with E-state index in [0.29, 0.717) is 24.6 Å². The molecule has 1 aromatic rings. The summed E-state index contributed by atoms with van der Waals surface area (Å²) in [5.74, 6) is 0.0240. The van der Waals surface area contributed by atoms with Gasteiger partial charge in [0.1, 0.15) is 11.4 Å². The van der Waals surface area contributed by atoms with Crippen LogP contribution >= 0.6 is 24.0 Å². The van der Waals surface area contributed by atoms with Crippen molar-refractivity contribution < 1.29 is 13.9 Å². The topological polar surface area (TPSA) is 98.5 Å². The third-order valence-corrected chi connectivity index (χ3v) is 3.47. The molecule has 0 bridgehead atoms. The van der Waals surface area contributed by atoms with Crippen LogP contribution in [0.1, 0.15) is 52.7 Å². The minimum atomic E-state index is -0.599. The highest BCUT2D eigenvalue weighted by Gasteiger charge is 2.24. The monoisotopic (exact) mass is 519 g/mol. The smallest absolute Gasteiger partial charge is 0.408 e. The second kappa shape index (κ2) is 11.8. The van der Waals surface area contributed by atoms with Crippen LogP contribution in [0.15, 0.2) is 23.2 Å². The van der Waals surface area contributed by atoms with Gasteiger partial charge in [0, 0.05) is 18.7 Å². The van der Waals surface area contributed by atoms with E-state index in [0.717, 1.165) is 0 Å². The van der Waals surface area contributed by atoms with Gasteiger partial charge in [-0.1, -0.05) is 6.07 Å². The number of ether oxygens (including phenoxy) is 1. The molecule has 0 aliphatic carbocycles. The van der Waals surface area contributed by atoms with E-state index in [-0.39, 0.29) is 36.1 Å². The number of carbonyl (C=O) groups is 1. The Morgan fingerprint density at radius 1 is 1.24 bits per heavy atom. The number of halogens is 2. The Bertz CT molecular complexity index is 754. The van der Waals surface area contributed by atoms with E-state index in [1.165, 1.54) is 6.07 Å². The zero-order valence-corrected chi connectivity index (χ0v) is 20.2. The lowest BCUT2D eigenvalue weighted by Crippen LogP contribution is -2.54. The molecule has 0 aliphatic heterocycles. The molecule has 162 valence electrons. The number of nitriles is 1. The van der Waals surface area contributed by atoms with Gasteiger partial charge in [-0.05, 0) is 53.7 Å². The van der Waals surface area contributed by atoms with Crippen LogP contribution in [0.25, 0.3) is 0 Å². The summed E-state index contributed by atoms with van der Waals surface area (Å²) >= 11 is 0. The molecule has 1 amide bonds. The summed E-state index contributed by atoms with van der Waals surface area (Å²) in [6, 6.07) is 6.20. The number of hydrogen-bond donors (Lipinski definition) is 3. The fraction of sp³-hybridized carbons (Fsp3) is 0.550. The zero-order valence-electron chi connectivity index (χ0n) is 17.9. The van der Waals surface area contributed by atoms with E-state index >= 15 is 0 Å². The number of hydrogen-bond acceptors (Lipinski definition) is 4. The molecule has 0 saturated heterocycles. The molecule has 0 heterocycles. The SMILES string of the molecule is CCNC(=NCc1ccc(C#N)cc1F)NCC(C)(C)NC(=O)OC(C)(C)C.I. The van der Waals surface area contributed by atoms with Gasteiger partial charge in [-0.2, -0.15) is 5.26 Å². The minimum absolute atomic E-state index is 0. The predicted molar refractivity (Wildman–Crippen MR) is 123 cm³/mol. The molecule has 29 heavy (non-hydrogen) atoms. The summed E-state index contributed by atoms with van der Waals surface area (Å²) in [5.41, 5.74) is -0.513. The number of aliphatic imine (C=N–C) groups is 1. The van der Waals surface area contributed by atoms with Crippen molar-refractivity contribution in [2.45, 2.75) is 59.2 Å². The fourth-order valence-corrected chi connectivity index (χ4v) is 2.18. The lowest BCUT2D eigenvalue weighted by atomic mass is 10.1. The van der Waals surface area contributed by atoms with E-state index in [2.05, 4.69) is 20.9 Å². The Labute approximate surface area is 189 Å². The van der Waals surface area contributed by atoms with Crippen molar-refractivity contribution >= 4 is 36.0 Å². The Morgan fingerprint density at radius 3 is 2.41 bits per heavy atom. The van der Waals surface area contributed by atoms with E-state index in [9.17, 15) is 9.18 Å². The molecule has 0 saturated carbocycles. The van der Waals surface area contributed by atoms with Gasteiger partial charge >= 0.3 is 6.09 Å². The number of rotatable bonds is 6. The molecule has 7 nitrogen and oxygen atoms in total. The molecule has 0 unspecified atom stereocenters. The first-order valence-corrected chi connectivity index (χ1v) is 9.17. The van der Waals surface area contributed by atoms with Crippen molar-refractivity contribution in [1.29, 1.82) is 5.26 Å². The average molecular weight is 519 g/mol. The first-order chi connectivity index (χ1) is 13.0. The number of nitrogens with zero attached hydrogens (tertiary/aromatic N) is 2. The van der Waals surface area contributed by atoms with E-state index < -0.39 is 23.1 Å².